The predicted molar refractivity (Wildman–Crippen MR) is 80.2 cm³/mol. The number of nitrogens with zero attached hydrogens (tertiary/aromatic N) is 2. The van der Waals surface area contributed by atoms with Crippen LogP contribution in [0.4, 0.5) is 5.69 Å². The lowest BCUT2D eigenvalue weighted by molar-refractivity contribution is 0.956. The van der Waals surface area contributed by atoms with Crippen molar-refractivity contribution in [3.63, 3.8) is 0 Å². The summed E-state index contributed by atoms with van der Waals surface area (Å²) in [5.41, 5.74) is 5.34. The second-order valence-electron chi connectivity index (χ2n) is 5.23. The highest BCUT2D eigenvalue weighted by molar-refractivity contribution is 5.82. The van der Waals surface area contributed by atoms with Crippen LogP contribution in [0.15, 0.2) is 54.7 Å². The van der Waals surface area contributed by atoms with Gasteiger partial charge in [0, 0.05) is 31.2 Å². The van der Waals surface area contributed by atoms with Gasteiger partial charge < -0.3 is 9.47 Å². The van der Waals surface area contributed by atoms with Crippen molar-refractivity contribution in [1.29, 1.82) is 0 Å². The van der Waals surface area contributed by atoms with Gasteiger partial charge in [-0.3, -0.25) is 0 Å². The molecular formula is C17H16N2. The second kappa shape index (κ2) is 3.89. The fraction of sp³-hybridized carbons (Fsp3) is 0.176. The number of anilines is 1. The topological polar surface area (TPSA) is 8.17 Å². The third kappa shape index (κ3) is 1.56. The molecule has 2 nitrogen and oxygen atoms in total. The molecule has 0 N–H and O–H groups in total. The number of aromatic nitrogens is 1. The van der Waals surface area contributed by atoms with Crippen LogP contribution >= 0.6 is 0 Å². The molecule has 1 aromatic heterocycles. The molecular weight excluding hydrogens is 232 g/mol. The van der Waals surface area contributed by atoms with Crippen molar-refractivity contribution >= 4 is 16.6 Å². The van der Waals surface area contributed by atoms with Gasteiger partial charge in [-0.1, -0.05) is 24.3 Å². The van der Waals surface area contributed by atoms with E-state index in [-0.39, 0.29) is 0 Å². The summed E-state index contributed by atoms with van der Waals surface area (Å²) in [5.74, 6) is 0. The average Bonchev–Trinajstić information content (AvgIpc) is 3.03. The number of hydrogen-bond acceptors (Lipinski definition) is 1. The first-order valence-corrected chi connectivity index (χ1v) is 6.73. The molecule has 3 aromatic rings. The van der Waals surface area contributed by atoms with E-state index in [0.29, 0.717) is 0 Å². The molecule has 1 aliphatic heterocycles. The Morgan fingerprint density at radius 2 is 1.89 bits per heavy atom. The van der Waals surface area contributed by atoms with Crippen LogP contribution in [0.1, 0.15) is 5.56 Å². The Labute approximate surface area is 112 Å². The summed E-state index contributed by atoms with van der Waals surface area (Å²) >= 11 is 0. The third-order valence-electron chi connectivity index (χ3n) is 4.07. The van der Waals surface area contributed by atoms with Crippen LogP contribution < -0.4 is 4.90 Å². The summed E-state index contributed by atoms with van der Waals surface area (Å²) in [5, 5.41) is 1.29. The van der Waals surface area contributed by atoms with Crippen molar-refractivity contribution in [1.82, 2.24) is 4.57 Å². The fourth-order valence-electron chi connectivity index (χ4n) is 2.99. The van der Waals surface area contributed by atoms with E-state index >= 15 is 0 Å². The number of para-hydroxylation sites is 1. The molecule has 19 heavy (non-hydrogen) atoms. The lowest BCUT2D eigenvalue weighted by Crippen LogP contribution is -2.12. The van der Waals surface area contributed by atoms with E-state index in [1.807, 2.05) is 0 Å². The zero-order chi connectivity index (χ0) is 12.8. The van der Waals surface area contributed by atoms with Crippen LogP contribution in [0.2, 0.25) is 0 Å². The number of benzene rings is 2. The Hall–Kier alpha value is -2.22. The van der Waals surface area contributed by atoms with Crippen molar-refractivity contribution in [3.8, 4) is 5.69 Å². The third-order valence-corrected chi connectivity index (χ3v) is 4.07. The van der Waals surface area contributed by atoms with E-state index in [0.717, 1.165) is 6.54 Å². The largest absolute Gasteiger partial charge is 0.374 e. The molecule has 0 atom stereocenters. The summed E-state index contributed by atoms with van der Waals surface area (Å²) < 4.78 is 2.27. The van der Waals surface area contributed by atoms with Gasteiger partial charge in [0.05, 0.1) is 5.52 Å². The molecule has 0 amide bonds. The van der Waals surface area contributed by atoms with E-state index in [1.54, 1.807) is 0 Å². The van der Waals surface area contributed by atoms with Gasteiger partial charge in [0.15, 0.2) is 0 Å². The quantitative estimate of drug-likeness (QED) is 0.638. The van der Waals surface area contributed by atoms with Gasteiger partial charge in [-0.15, -0.1) is 0 Å². The zero-order valence-electron chi connectivity index (χ0n) is 11.0. The van der Waals surface area contributed by atoms with Gasteiger partial charge in [-0.05, 0) is 41.6 Å². The molecule has 0 fully saturated rings. The molecule has 0 aliphatic carbocycles. The van der Waals surface area contributed by atoms with E-state index in [1.165, 1.54) is 34.3 Å². The summed E-state index contributed by atoms with van der Waals surface area (Å²) in [4.78, 5) is 2.34. The second-order valence-corrected chi connectivity index (χ2v) is 5.23. The monoisotopic (exact) mass is 248 g/mol. The van der Waals surface area contributed by atoms with Crippen LogP contribution in [0.3, 0.4) is 0 Å². The fourth-order valence-corrected chi connectivity index (χ4v) is 2.99. The maximum Gasteiger partial charge on any atom is 0.0528 e. The van der Waals surface area contributed by atoms with Crippen LogP contribution in [-0.4, -0.2) is 18.2 Å². The summed E-state index contributed by atoms with van der Waals surface area (Å²) in [6.45, 7) is 1.13. The van der Waals surface area contributed by atoms with Gasteiger partial charge in [-0.2, -0.15) is 0 Å². The summed E-state index contributed by atoms with van der Waals surface area (Å²) in [7, 11) is 2.17. The van der Waals surface area contributed by atoms with E-state index in [4.69, 9.17) is 0 Å². The van der Waals surface area contributed by atoms with Crippen molar-refractivity contribution < 1.29 is 0 Å². The maximum atomic E-state index is 2.34. The Balaban J connectivity index is 1.91. The molecule has 0 radical (unpaired) electrons. The van der Waals surface area contributed by atoms with Gasteiger partial charge in [0.1, 0.15) is 0 Å². The number of likely N-dealkylation sites (N-methyl/N-ethyl adjacent to an activating group) is 1. The number of hydrogen-bond donors (Lipinski definition) is 0. The maximum absolute atomic E-state index is 2.34. The van der Waals surface area contributed by atoms with Gasteiger partial charge in [0.25, 0.3) is 0 Å². The number of rotatable bonds is 1. The first kappa shape index (κ1) is 10.7. The molecule has 2 heteroatoms. The first-order valence-electron chi connectivity index (χ1n) is 6.73. The highest BCUT2D eigenvalue weighted by Gasteiger charge is 2.16. The molecule has 4 rings (SSSR count). The standard InChI is InChI=1S/C17H16N2/c1-18-10-8-14-6-7-15(12-17(14)18)19-11-9-13-4-2-3-5-16(13)19/h2-7,9,11-12H,8,10H2,1H3. The van der Waals surface area contributed by atoms with Gasteiger partial charge in [0.2, 0.25) is 0 Å². The normalized spacial score (nSPS) is 14.1. The van der Waals surface area contributed by atoms with E-state index in [9.17, 15) is 0 Å². The Bertz CT molecular complexity index is 755. The van der Waals surface area contributed by atoms with Crippen molar-refractivity contribution in [2.75, 3.05) is 18.5 Å². The van der Waals surface area contributed by atoms with Crippen LogP contribution in [0.25, 0.3) is 16.6 Å². The summed E-state index contributed by atoms with van der Waals surface area (Å²) in [6.07, 6.45) is 3.32. The smallest absolute Gasteiger partial charge is 0.0528 e. The minimum Gasteiger partial charge on any atom is -0.374 e. The lowest BCUT2D eigenvalue weighted by Gasteiger charge is -2.14. The lowest BCUT2D eigenvalue weighted by atomic mass is 10.1. The molecule has 0 spiro atoms. The molecule has 2 heterocycles. The zero-order valence-corrected chi connectivity index (χ0v) is 11.0. The molecule has 0 unspecified atom stereocenters. The van der Waals surface area contributed by atoms with Gasteiger partial charge >= 0.3 is 0 Å². The molecule has 0 saturated carbocycles. The van der Waals surface area contributed by atoms with Crippen LogP contribution in [0.5, 0.6) is 0 Å². The molecule has 1 aliphatic rings. The van der Waals surface area contributed by atoms with Crippen molar-refractivity contribution in [3.05, 3.63) is 60.3 Å². The predicted octanol–water partition coefficient (Wildman–Crippen LogP) is 3.62. The summed E-state index contributed by atoms with van der Waals surface area (Å²) in [6, 6.07) is 17.5. The highest BCUT2D eigenvalue weighted by Crippen LogP contribution is 2.30. The average molecular weight is 248 g/mol. The van der Waals surface area contributed by atoms with Crippen LogP contribution in [0, 0.1) is 0 Å². The van der Waals surface area contributed by atoms with Gasteiger partial charge in [-0.25, -0.2) is 0 Å². The minimum absolute atomic E-state index is 1.13. The SMILES string of the molecule is CN1CCc2ccc(-n3ccc4ccccc43)cc21. The van der Waals surface area contributed by atoms with Crippen molar-refractivity contribution in [2.45, 2.75) is 6.42 Å². The Morgan fingerprint density at radius 3 is 2.84 bits per heavy atom. The van der Waals surface area contributed by atoms with Crippen LogP contribution in [-0.2, 0) is 6.42 Å². The van der Waals surface area contributed by atoms with E-state index in [2.05, 4.69) is 71.2 Å². The Morgan fingerprint density at radius 1 is 1.00 bits per heavy atom. The molecule has 2 aromatic carbocycles. The van der Waals surface area contributed by atoms with E-state index < -0.39 is 0 Å². The highest BCUT2D eigenvalue weighted by atomic mass is 15.1. The molecule has 0 bridgehead atoms. The first-order chi connectivity index (χ1) is 9.33. The number of fused-ring (bicyclic) bond motifs is 2. The Kier molecular flexibility index (Phi) is 2.18. The van der Waals surface area contributed by atoms with Crippen molar-refractivity contribution in [2.24, 2.45) is 0 Å². The molecule has 0 saturated heterocycles. The molecule has 94 valence electrons. The minimum atomic E-state index is 1.13.